The number of fused-ring (bicyclic) bond motifs is 1. The molecule has 0 bridgehead atoms. The number of carboxylic acid groups (broad SMARTS) is 1. The minimum absolute atomic E-state index is 0.331. The van der Waals surface area contributed by atoms with Crippen LogP contribution in [0, 0.1) is 0 Å². The van der Waals surface area contributed by atoms with E-state index in [0.717, 1.165) is 16.5 Å². The lowest BCUT2D eigenvalue weighted by Gasteiger charge is -2.17. The van der Waals surface area contributed by atoms with Crippen molar-refractivity contribution in [3.8, 4) is 0 Å². The quantitative estimate of drug-likeness (QED) is 0.540. The lowest BCUT2D eigenvalue weighted by molar-refractivity contribution is -0.129. The van der Waals surface area contributed by atoms with Gasteiger partial charge in [-0.15, -0.1) is 0 Å². The first-order valence-corrected chi connectivity index (χ1v) is 7.51. The Balaban J connectivity index is 1.89. The van der Waals surface area contributed by atoms with Crippen LogP contribution >= 0.6 is 0 Å². The number of H-pyrrole nitrogens is 1. The second-order valence-electron chi connectivity index (χ2n) is 5.48. The van der Waals surface area contributed by atoms with Crippen LogP contribution in [0.15, 0.2) is 30.5 Å². The predicted molar refractivity (Wildman–Crippen MR) is 88.4 cm³/mol. The average Bonchev–Trinajstić information content (AvgIpc) is 3.00. The molecule has 0 aliphatic rings. The van der Waals surface area contributed by atoms with Gasteiger partial charge in [-0.05, 0) is 31.5 Å². The predicted octanol–water partition coefficient (Wildman–Crippen LogP) is 0.945. The summed E-state index contributed by atoms with van der Waals surface area (Å²) in [5, 5.41) is 16.9. The number of hydrogen-bond acceptors (Lipinski definition) is 3. The van der Waals surface area contributed by atoms with Crippen molar-refractivity contribution in [2.75, 3.05) is 0 Å². The first-order valence-electron chi connectivity index (χ1n) is 7.51. The molecule has 0 spiro atoms. The molecule has 8 nitrogen and oxygen atoms in total. The summed E-state index contributed by atoms with van der Waals surface area (Å²) in [4.78, 5) is 37.5. The number of aromatic amines is 1. The van der Waals surface area contributed by atoms with Crippen LogP contribution < -0.4 is 16.0 Å². The lowest BCUT2D eigenvalue weighted by Crippen LogP contribution is -2.51. The summed E-state index contributed by atoms with van der Waals surface area (Å²) in [5.41, 5.74) is 1.94. The van der Waals surface area contributed by atoms with Crippen LogP contribution in [0.5, 0.6) is 0 Å². The minimum atomic E-state index is -1.30. The van der Waals surface area contributed by atoms with Crippen LogP contribution in [0.2, 0.25) is 0 Å². The van der Waals surface area contributed by atoms with E-state index in [9.17, 15) is 14.4 Å². The Kier molecular flexibility index (Phi) is 5.41. The number of amides is 3. The number of benzene rings is 1. The Morgan fingerprint density at radius 2 is 1.79 bits per heavy atom. The molecule has 0 fully saturated rings. The van der Waals surface area contributed by atoms with Gasteiger partial charge in [0.15, 0.2) is 0 Å². The Labute approximate surface area is 138 Å². The summed E-state index contributed by atoms with van der Waals surface area (Å²) in [6.07, 6.45) is 0.532. The highest BCUT2D eigenvalue weighted by atomic mass is 16.4. The summed E-state index contributed by atoms with van der Waals surface area (Å²) < 4.78 is 0. The van der Waals surface area contributed by atoms with E-state index >= 15 is 0 Å². The zero-order chi connectivity index (χ0) is 17.7. The van der Waals surface area contributed by atoms with Gasteiger partial charge in [-0.3, -0.25) is 9.59 Å². The summed E-state index contributed by atoms with van der Waals surface area (Å²) >= 11 is 0. The maximum Gasteiger partial charge on any atom is 0.405 e. The molecule has 8 heteroatoms. The fourth-order valence-electron chi connectivity index (χ4n) is 2.29. The molecule has 5 N–H and O–H groups in total. The van der Waals surface area contributed by atoms with Gasteiger partial charge in [0.1, 0.15) is 12.1 Å². The topological polar surface area (TPSA) is 123 Å². The summed E-state index contributed by atoms with van der Waals surface area (Å²) in [6.45, 7) is 3.27. The molecule has 0 aliphatic heterocycles. The van der Waals surface area contributed by atoms with Crippen molar-refractivity contribution in [3.63, 3.8) is 0 Å². The van der Waals surface area contributed by atoms with Gasteiger partial charge in [-0.1, -0.05) is 12.1 Å². The molecule has 2 aromatic rings. The highest BCUT2D eigenvalue weighted by Gasteiger charge is 2.20. The second kappa shape index (κ2) is 7.49. The third kappa shape index (κ3) is 4.25. The highest BCUT2D eigenvalue weighted by Crippen LogP contribution is 2.16. The van der Waals surface area contributed by atoms with Gasteiger partial charge in [0.05, 0.1) is 0 Å². The van der Waals surface area contributed by atoms with E-state index in [1.165, 1.54) is 13.8 Å². The summed E-state index contributed by atoms with van der Waals surface area (Å²) in [5.74, 6) is -0.911. The minimum Gasteiger partial charge on any atom is -0.465 e. The van der Waals surface area contributed by atoms with Gasteiger partial charge in [0.2, 0.25) is 11.8 Å². The molecule has 2 unspecified atom stereocenters. The monoisotopic (exact) mass is 332 g/mol. The van der Waals surface area contributed by atoms with E-state index in [4.69, 9.17) is 5.11 Å². The van der Waals surface area contributed by atoms with Crippen molar-refractivity contribution in [1.82, 2.24) is 20.9 Å². The van der Waals surface area contributed by atoms with Crippen LogP contribution in [-0.4, -0.2) is 40.1 Å². The van der Waals surface area contributed by atoms with E-state index < -0.39 is 24.1 Å². The van der Waals surface area contributed by atoms with E-state index in [2.05, 4.69) is 15.6 Å². The summed E-state index contributed by atoms with van der Waals surface area (Å²) in [7, 11) is 0. The first-order chi connectivity index (χ1) is 11.4. The zero-order valence-electron chi connectivity index (χ0n) is 13.4. The molecule has 0 aliphatic carbocycles. The lowest BCUT2D eigenvalue weighted by atomic mass is 10.1. The molecule has 128 valence electrons. The highest BCUT2D eigenvalue weighted by molar-refractivity contribution is 5.91. The van der Waals surface area contributed by atoms with Crippen LogP contribution in [-0.2, 0) is 16.1 Å². The smallest absolute Gasteiger partial charge is 0.405 e. The molecular weight excluding hydrogens is 312 g/mol. The van der Waals surface area contributed by atoms with Crippen molar-refractivity contribution in [1.29, 1.82) is 0 Å². The SMILES string of the molecule is CC(NC(=O)O)C(=O)NC(C)C(=O)NCc1cccc2[nH]ccc12. The van der Waals surface area contributed by atoms with Crippen molar-refractivity contribution < 1.29 is 19.5 Å². The Bertz CT molecular complexity index is 755. The molecule has 0 saturated heterocycles. The van der Waals surface area contributed by atoms with Crippen molar-refractivity contribution in [2.45, 2.75) is 32.5 Å². The van der Waals surface area contributed by atoms with E-state index in [1.807, 2.05) is 35.8 Å². The van der Waals surface area contributed by atoms with Gasteiger partial charge < -0.3 is 26.0 Å². The molecule has 0 saturated carbocycles. The Hall–Kier alpha value is -3.03. The van der Waals surface area contributed by atoms with E-state index in [0.29, 0.717) is 6.54 Å². The van der Waals surface area contributed by atoms with Crippen LogP contribution in [0.25, 0.3) is 10.9 Å². The molecule has 0 radical (unpaired) electrons. The van der Waals surface area contributed by atoms with Gasteiger partial charge in [-0.2, -0.15) is 0 Å². The third-order valence-corrected chi connectivity index (χ3v) is 3.62. The third-order valence-electron chi connectivity index (χ3n) is 3.62. The maximum absolute atomic E-state index is 12.1. The summed E-state index contributed by atoms with van der Waals surface area (Å²) in [6, 6.07) is 5.97. The largest absolute Gasteiger partial charge is 0.465 e. The number of hydrogen-bond donors (Lipinski definition) is 5. The average molecular weight is 332 g/mol. The van der Waals surface area contributed by atoms with E-state index in [1.54, 1.807) is 0 Å². The zero-order valence-corrected chi connectivity index (χ0v) is 13.4. The Morgan fingerprint density at radius 1 is 1.08 bits per heavy atom. The van der Waals surface area contributed by atoms with Crippen LogP contribution in [0.1, 0.15) is 19.4 Å². The van der Waals surface area contributed by atoms with Crippen molar-refractivity contribution >= 4 is 28.8 Å². The first kappa shape index (κ1) is 17.3. The molecule has 2 rings (SSSR count). The van der Waals surface area contributed by atoms with Gasteiger partial charge in [-0.25, -0.2) is 4.79 Å². The molecule has 24 heavy (non-hydrogen) atoms. The number of nitrogens with one attached hydrogen (secondary N) is 4. The van der Waals surface area contributed by atoms with Gasteiger partial charge >= 0.3 is 6.09 Å². The van der Waals surface area contributed by atoms with Crippen molar-refractivity contribution in [2.24, 2.45) is 0 Å². The molecule has 1 aromatic heterocycles. The standard InChI is InChI=1S/C16H20N4O4/c1-9(19-15(22)10(2)20-16(23)24)14(21)18-8-11-4-3-5-13-12(11)6-7-17-13/h3-7,9-10,17,20H,8H2,1-2H3,(H,18,21)(H,19,22)(H,23,24). The molecule has 1 heterocycles. The number of carbonyl (C=O) groups is 3. The second-order valence-corrected chi connectivity index (χ2v) is 5.48. The van der Waals surface area contributed by atoms with Gasteiger partial charge in [0, 0.05) is 23.6 Å². The maximum atomic E-state index is 12.1. The van der Waals surface area contributed by atoms with Gasteiger partial charge in [0.25, 0.3) is 0 Å². The van der Waals surface area contributed by atoms with E-state index in [-0.39, 0.29) is 5.91 Å². The molecule has 1 aromatic carbocycles. The Morgan fingerprint density at radius 3 is 2.50 bits per heavy atom. The van der Waals surface area contributed by atoms with Crippen LogP contribution in [0.3, 0.4) is 0 Å². The normalized spacial score (nSPS) is 13.1. The van der Waals surface area contributed by atoms with Crippen LogP contribution in [0.4, 0.5) is 4.79 Å². The molecule has 3 amide bonds. The molecule has 2 atom stereocenters. The fraction of sp³-hybridized carbons (Fsp3) is 0.312. The molecular formula is C16H20N4O4. The number of rotatable bonds is 6. The number of aromatic nitrogens is 1. The number of carbonyl (C=O) groups excluding carboxylic acids is 2. The fourth-order valence-corrected chi connectivity index (χ4v) is 2.29. The van der Waals surface area contributed by atoms with Crippen molar-refractivity contribution in [3.05, 3.63) is 36.0 Å².